The van der Waals surface area contributed by atoms with Gasteiger partial charge in [-0.2, -0.15) is 8.42 Å². The molecule has 2 aromatic heterocycles. The number of hydrogen-bond donors (Lipinski definition) is 2. The molecule has 2 heterocycles. The topological polar surface area (TPSA) is 122 Å². The number of aromatic amines is 1. The Morgan fingerprint density at radius 1 is 1.33 bits per heavy atom. The van der Waals surface area contributed by atoms with Gasteiger partial charge in [0.05, 0.1) is 0 Å². The van der Waals surface area contributed by atoms with Crippen LogP contribution in [0.5, 0.6) is 0 Å². The highest BCUT2D eigenvalue weighted by atomic mass is 32.2. The molecule has 9 heteroatoms. The molecule has 2 rings (SSSR count). The molecule has 0 aliphatic rings. The Hall–Kier alpha value is -1.87. The highest BCUT2D eigenvalue weighted by molar-refractivity contribution is 7.85. The molecule has 0 saturated carbocycles. The van der Waals surface area contributed by atoms with Gasteiger partial charge in [0.15, 0.2) is 5.82 Å². The molecule has 2 aromatic rings. The third kappa shape index (κ3) is 1.97. The van der Waals surface area contributed by atoms with Crippen LogP contribution in [0.1, 0.15) is 0 Å². The third-order valence-electron chi connectivity index (χ3n) is 1.62. The minimum absolute atomic E-state index is 0.279. The lowest BCUT2D eigenvalue weighted by atomic mass is 10.3. The number of nitrogens with one attached hydrogen (secondary N) is 1. The molecule has 0 amide bonds. The summed E-state index contributed by atoms with van der Waals surface area (Å²) in [6.45, 7) is 0. The second-order valence-electron chi connectivity index (χ2n) is 2.60. The van der Waals surface area contributed by atoms with E-state index in [9.17, 15) is 8.42 Å². The zero-order chi connectivity index (χ0) is 10.9. The average molecular weight is 227 g/mol. The van der Waals surface area contributed by atoms with Crippen molar-refractivity contribution in [3.63, 3.8) is 0 Å². The molecule has 0 bridgehead atoms. The van der Waals surface area contributed by atoms with Gasteiger partial charge in [-0.05, 0) is 22.6 Å². The van der Waals surface area contributed by atoms with E-state index in [4.69, 9.17) is 4.55 Å². The first kappa shape index (κ1) is 9.68. The van der Waals surface area contributed by atoms with Crippen LogP contribution in [-0.2, 0) is 10.1 Å². The zero-order valence-corrected chi connectivity index (χ0v) is 8.01. The standard InChI is InChI=1S/C6H5N5O3S/c12-15(13,14)4-1-2-5(7-3-4)6-8-10-11-9-6/h1-3H,(H,12,13,14)(H,8,9,10,11). The highest BCUT2D eigenvalue weighted by Gasteiger charge is 2.10. The predicted molar refractivity (Wildman–Crippen MR) is 47.2 cm³/mol. The summed E-state index contributed by atoms with van der Waals surface area (Å²) in [6.07, 6.45) is 1.02. The van der Waals surface area contributed by atoms with Gasteiger partial charge in [0.25, 0.3) is 10.1 Å². The second-order valence-corrected chi connectivity index (χ2v) is 4.03. The minimum atomic E-state index is -4.21. The van der Waals surface area contributed by atoms with Crippen LogP contribution < -0.4 is 0 Å². The second kappa shape index (κ2) is 3.37. The summed E-state index contributed by atoms with van der Waals surface area (Å²) in [5.74, 6) is 0.317. The van der Waals surface area contributed by atoms with E-state index < -0.39 is 10.1 Å². The average Bonchev–Trinajstić information content (AvgIpc) is 2.69. The number of H-pyrrole nitrogens is 1. The molecule has 78 valence electrons. The summed E-state index contributed by atoms with van der Waals surface area (Å²) in [4.78, 5) is 3.50. The van der Waals surface area contributed by atoms with Crippen molar-refractivity contribution in [3.05, 3.63) is 18.3 Å². The van der Waals surface area contributed by atoms with Crippen LogP contribution in [0.2, 0.25) is 0 Å². The van der Waals surface area contributed by atoms with Crippen molar-refractivity contribution < 1.29 is 13.0 Å². The molecule has 0 radical (unpaired) electrons. The largest absolute Gasteiger partial charge is 0.296 e. The van der Waals surface area contributed by atoms with Crippen LogP contribution in [0, 0.1) is 0 Å². The van der Waals surface area contributed by atoms with Gasteiger partial charge < -0.3 is 0 Å². The van der Waals surface area contributed by atoms with E-state index in [2.05, 4.69) is 25.6 Å². The van der Waals surface area contributed by atoms with E-state index in [-0.39, 0.29) is 4.90 Å². The molecule has 8 nitrogen and oxygen atoms in total. The smallest absolute Gasteiger partial charge is 0.282 e. The Morgan fingerprint density at radius 2 is 2.13 bits per heavy atom. The summed E-state index contributed by atoms with van der Waals surface area (Å²) < 4.78 is 30.1. The Morgan fingerprint density at radius 3 is 2.60 bits per heavy atom. The van der Waals surface area contributed by atoms with Gasteiger partial charge in [0.2, 0.25) is 0 Å². The van der Waals surface area contributed by atoms with E-state index in [1.54, 1.807) is 0 Å². The van der Waals surface area contributed by atoms with E-state index >= 15 is 0 Å². The van der Waals surface area contributed by atoms with Crippen LogP contribution in [0.25, 0.3) is 11.5 Å². The molecule has 15 heavy (non-hydrogen) atoms. The van der Waals surface area contributed by atoms with Crippen molar-refractivity contribution >= 4 is 10.1 Å². The van der Waals surface area contributed by atoms with Gasteiger partial charge in [0, 0.05) is 6.20 Å². The Balaban J connectivity index is 2.42. The van der Waals surface area contributed by atoms with Crippen LogP contribution in [0.3, 0.4) is 0 Å². The quantitative estimate of drug-likeness (QED) is 0.663. The molecular weight excluding hydrogens is 222 g/mol. The van der Waals surface area contributed by atoms with Gasteiger partial charge in [-0.1, -0.05) is 0 Å². The first-order chi connectivity index (χ1) is 7.07. The van der Waals surface area contributed by atoms with E-state index in [1.807, 2.05) is 0 Å². The molecule has 0 fully saturated rings. The number of nitrogens with zero attached hydrogens (tertiary/aromatic N) is 4. The molecule has 0 aliphatic carbocycles. The van der Waals surface area contributed by atoms with Gasteiger partial charge in [-0.25, -0.2) is 5.10 Å². The molecule has 2 N–H and O–H groups in total. The lowest BCUT2D eigenvalue weighted by molar-refractivity contribution is 0.483. The molecular formula is C6H5N5O3S. The van der Waals surface area contributed by atoms with Gasteiger partial charge >= 0.3 is 0 Å². The first-order valence-corrected chi connectivity index (χ1v) is 5.19. The summed E-state index contributed by atoms with van der Waals surface area (Å²) in [7, 11) is -4.21. The first-order valence-electron chi connectivity index (χ1n) is 3.75. The predicted octanol–water partition coefficient (Wildman–Crippen LogP) is -0.492. The highest BCUT2D eigenvalue weighted by Crippen LogP contribution is 2.12. The fraction of sp³-hybridized carbons (Fsp3) is 0. The number of hydrogen-bond acceptors (Lipinski definition) is 6. The van der Waals surface area contributed by atoms with Crippen LogP contribution in [-0.4, -0.2) is 38.6 Å². The molecule has 0 saturated heterocycles. The van der Waals surface area contributed by atoms with Crippen LogP contribution >= 0.6 is 0 Å². The molecule has 0 unspecified atom stereocenters. The molecule has 0 atom stereocenters. The molecule has 0 aromatic carbocycles. The van der Waals surface area contributed by atoms with Crippen LogP contribution in [0.15, 0.2) is 23.2 Å². The van der Waals surface area contributed by atoms with E-state index in [1.165, 1.54) is 12.1 Å². The number of rotatable bonds is 2. The van der Waals surface area contributed by atoms with Crippen molar-refractivity contribution in [2.75, 3.05) is 0 Å². The Bertz CT molecular complexity index is 547. The lowest BCUT2D eigenvalue weighted by Gasteiger charge is -1.96. The van der Waals surface area contributed by atoms with Crippen molar-refractivity contribution in [2.24, 2.45) is 0 Å². The summed E-state index contributed by atoms with van der Waals surface area (Å²) in [6, 6.07) is 2.59. The van der Waals surface area contributed by atoms with Crippen molar-refractivity contribution in [3.8, 4) is 11.5 Å². The van der Waals surface area contributed by atoms with Crippen molar-refractivity contribution in [1.82, 2.24) is 25.6 Å². The molecule has 0 aliphatic heterocycles. The van der Waals surface area contributed by atoms with Crippen LogP contribution in [0.4, 0.5) is 0 Å². The fourth-order valence-corrected chi connectivity index (χ4v) is 1.37. The van der Waals surface area contributed by atoms with E-state index in [0.717, 1.165) is 6.20 Å². The van der Waals surface area contributed by atoms with Crippen molar-refractivity contribution in [1.29, 1.82) is 0 Å². The Labute approximate surface area is 84.1 Å². The molecule has 0 spiro atoms. The van der Waals surface area contributed by atoms with Gasteiger partial charge in [0.1, 0.15) is 10.6 Å². The van der Waals surface area contributed by atoms with E-state index in [0.29, 0.717) is 11.5 Å². The minimum Gasteiger partial charge on any atom is -0.282 e. The normalized spacial score (nSPS) is 11.5. The van der Waals surface area contributed by atoms with Gasteiger partial charge in [-0.3, -0.25) is 9.54 Å². The van der Waals surface area contributed by atoms with Crippen molar-refractivity contribution in [2.45, 2.75) is 4.90 Å². The SMILES string of the molecule is O=S(=O)(O)c1ccc(-c2nnn[nH]2)nc1. The summed E-state index contributed by atoms with van der Waals surface area (Å²) >= 11 is 0. The lowest BCUT2D eigenvalue weighted by Crippen LogP contribution is -1.99. The number of pyridine rings is 1. The Kier molecular flexibility index (Phi) is 2.17. The maximum absolute atomic E-state index is 10.7. The third-order valence-corrected chi connectivity index (χ3v) is 2.46. The zero-order valence-electron chi connectivity index (χ0n) is 7.19. The maximum Gasteiger partial charge on any atom is 0.296 e. The van der Waals surface area contributed by atoms with Gasteiger partial charge in [-0.15, -0.1) is 5.10 Å². The fourth-order valence-electron chi connectivity index (χ4n) is 0.941. The number of tetrazole rings is 1. The summed E-state index contributed by atoms with van der Waals surface area (Å²) in [5, 5.41) is 12.7. The number of aromatic nitrogens is 5. The maximum atomic E-state index is 10.7. The monoisotopic (exact) mass is 227 g/mol. The summed E-state index contributed by atoms with van der Waals surface area (Å²) in [5.41, 5.74) is 0.382.